The van der Waals surface area contributed by atoms with E-state index in [0.29, 0.717) is 31.8 Å². The minimum Gasteiger partial charge on any atom is -0.349 e. The molecule has 0 bridgehead atoms. The van der Waals surface area contributed by atoms with Gasteiger partial charge in [0.1, 0.15) is 12.2 Å². The van der Waals surface area contributed by atoms with E-state index < -0.39 is 0 Å². The highest BCUT2D eigenvalue weighted by Crippen LogP contribution is 2.17. The maximum Gasteiger partial charge on any atom is 0.224 e. The third-order valence-electron chi connectivity index (χ3n) is 3.26. The summed E-state index contributed by atoms with van der Waals surface area (Å²) in [5.41, 5.74) is 0. The van der Waals surface area contributed by atoms with Crippen LogP contribution in [0, 0.1) is 5.92 Å². The van der Waals surface area contributed by atoms with Crippen LogP contribution >= 0.6 is 0 Å². The van der Waals surface area contributed by atoms with Crippen molar-refractivity contribution in [2.75, 3.05) is 13.6 Å². The molecule has 7 heteroatoms. The number of carbonyl (C=O) groups is 2. The molecule has 2 heterocycles. The molecule has 1 aliphatic heterocycles. The lowest BCUT2D eigenvalue weighted by atomic mass is 9.96. The second-order valence-corrected chi connectivity index (χ2v) is 4.52. The van der Waals surface area contributed by atoms with Crippen molar-refractivity contribution in [2.45, 2.75) is 19.4 Å². The lowest BCUT2D eigenvalue weighted by molar-refractivity contribution is -0.139. The van der Waals surface area contributed by atoms with Crippen molar-refractivity contribution >= 4 is 11.8 Å². The molecule has 1 aromatic heterocycles. The van der Waals surface area contributed by atoms with Crippen molar-refractivity contribution in [3.05, 3.63) is 12.2 Å². The summed E-state index contributed by atoms with van der Waals surface area (Å²) < 4.78 is 1.61. The lowest BCUT2D eigenvalue weighted by Gasteiger charge is -2.27. The first-order chi connectivity index (χ1) is 8.58. The smallest absolute Gasteiger partial charge is 0.224 e. The molecule has 1 fully saturated rings. The topological polar surface area (TPSA) is 80.1 Å². The number of hydrogen-bond donors (Lipinski definition) is 1. The lowest BCUT2D eigenvalue weighted by Crippen LogP contribution is -2.42. The van der Waals surface area contributed by atoms with Crippen LogP contribution in [0.25, 0.3) is 0 Å². The maximum absolute atomic E-state index is 11.9. The van der Waals surface area contributed by atoms with Crippen molar-refractivity contribution < 1.29 is 9.59 Å². The average molecular weight is 251 g/mol. The number of likely N-dealkylation sites (tertiary alicyclic amines) is 1. The number of aromatic nitrogens is 3. The van der Waals surface area contributed by atoms with Gasteiger partial charge in [-0.3, -0.25) is 14.3 Å². The highest BCUT2D eigenvalue weighted by molar-refractivity contribution is 5.86. The van der Waals surface area contributed by atoms with E-state index >= 15 is 0 Å². The van der Waals surface area contributed by atoms with Crippen LogP contribution in [0.3, 0.4) is 0 Å². The van der Waals surface area contributed by atoms with E-state index in [4.69, 9.17) is 0 Å². The molecule has 0 aromatic carbocycles. The first-order valence-corrected chi connectivity index (χ1v) is 5.92. The Labute approximate surface area is 105 Å². The number of hydrogen-bond acceptors (Lipinski definition) is 4. The highest BCUT2D eigenvalue weighted by atomic mass is 16.2. The number of aryl methyl sites for hydroxylation is 1. The third-order valence-corrected chi connectivity index (χ3v) is 3.26. The van der Waals surface area contributed by atoms with E-state index in [9.17, 15) is 9.59 Å². The van der Waals surface area contributed by atoms with Crippen LogP contribution in [0.5, 0.6) is 0 Å². The van der Waals surface area contributed by atoms with Crippen molar-refractivity contribution in [3.8, 4) is 0 Å². The van der Waals surface area contributed by atoms with Crippen molar-refractivity contribution in [3.63, 3.8) is 0 Å². The zero-order valence-corrected chi connectivity index (χ0v) is 10.6. The number of carbonyl (C=O) groups excluding carboxylic acids is 2. The van der Waals surface area contributed by atoms with E-state index in [0.717, 1.165) is 0 Å². The van der Waals surface area contributed by atoms with Gasteiger partial charge in [0, 0.05) is 33.0 Å². The number of nitrogens with one attached hydrogen (secondary N) is 1. The summed E-state index contributed by atoms with van der Waals surface area (Å²) in [5.74, 6) is 0.420. The SMILES string of the molecule is CN1CCC(C(=O)NCc2ncnn2C)CC1=O. The Hall–Kier alpha value is -1.92. The summed E-state index contributed by atoms with van der Waals surface area (Å²) in [5, 5.41) is 6.72. The summed E-state index contributed by atoms with van der Waals surface area (Å²) >= 11 is 0. The van der Waals surface area contributed by atoms with Gasteiger partial charge >= 0.3 is 0 Å². The monoisotopic (exact) mass is 251 g/mol. The summed E-state index contributed by atoms with van der Waals surface area (Å²) in [6.45, 7) is 0.983. The minimum atomic E-state index is -0.220. The Morgan fingerprint density at radius 1 is 1.56 bits per heavy atom. The zero-order valence-electron chi connectivity index (χ0n) is 10.6. The molecule has 0 saturated carbocycles. The quantitative estimate of drug-likeness (QED) is 0.770. The van der Waals surface area contributed by atoms with Gasteiger partial charge in [-0.15, -0.1) is 0 Å². The molecule has 0 spiro atoms. The normalized spacial score (nSPS) is 20.0. The first-order valence-electron chi connectivity index (χ1n) is 5.92. The first kappa shape index (κ1) is 12.5. The van der Waals surface area contributed by atoms with Crippen molar-refractivity contribution in [1.29, 1.82) is 0 Å². The van der Waals surface area contributed by atoms with Crippen molar-refractivity contribution in [2.24, 2.45) is 13.0 Å². The largest absolute Gasteiger partial charge is 0.349 e. The molecule has 0 aliphatic carbocycles. The van der Waals surface area contributed by atoms with Gasteiger partial charge in [-0.2, -0.15) is 5.10 Å². The van der Waals surface area contributed by atoms with E-state index in [1.54, 1.807) is 23.7 Å². The van der Waals surface area contributed by atoms with Crippen LogP contribution < -0.4 is 5.32 Å². The van der Waals surface area contributed by atoms with E-state index in [2.05, 4.69) is 15.4 Å². The fourth-order valence-electron chi connectivity index (χ4n) is 1.96. The van der Waals surface area contributed by atoms with E-state index in [-0.39, 0.29) is 17.7 Å². The molecule has 1 N–H and O–H groups in total. The second-order valence-electron chi connectivity index (χ2n) is 4.52. The van der Waals surface area contributed by atoms with Crippen molar-refractivity contribution in [1.82, 2.24) is 25.0 Å². The average Bonchev–Trinajstić information content (AvgIpc) is 2.75. The standard InChI is InChI=1S/C11H17N5O2/c1-15-4-3-8(5-10(15)17)11(18)12-6-9-13-7-14-16(9)2/h7-8H,3-6H2,1-2H3,(H,12,18). The Morgan fingerprint density at radius 2 is 2.33 bits per heavy atom. The number of rotatable bonds is 3. The van der Waals surface area contributed by atoms with Gasteiger partial charge in [-0.1, -0.05) is 0 Å². The highest BCUT2D eigenvalue weighted by Gasteiger charge is 2.28. The van der Waals surface area contributed by atoms with Crippen LogP contribution in [-0.4, -0.2) is 45.1 Å². The van der Waals surface area contributed by atoms with Crippen LogP contribution in [0.15, 0.2) is 6.33 Å². The maximum atomic E-state index is 11.9. The molecule has 18 heavy (non-hydrogen) atoms. The third kappa shape index (κ3) is 2.66. The molecule has 1 aliphatic rings. The van der Waals surface area contributed by atoms with E-state index in [1.165, 1.54) is 6.33 Å². The molecule has 1 unspecified atom stereocenters. The molecule has 1 saturated heterocycles. The fourth-order valence-corrected chi connectivity index (χ4v) is 1.96. The van der Waals surface area contributed by atoms with Crippen LogP contribution in [0.1, 0.15) is 18.7 Å². The van der Waals surface area contributed by atoms with E-state index in [1.807, 2.05) is 0 Å². The molecular weight excluding hydrogens is 234 g/mol. The van der Waals surface area contributed by atoms with Crippen LogP contribution in [0.2, 0.25) is 0 Å². The Kier molecular flexibility index (Phi) is 3.59. The second kappa shape index (κ2) is 5.16. The number of piperidine rings is 1. The minimum absolute atomic E-state index is 0.0278. The number of amides is 2. The summed E-state index contributed by atoms with van der Waals surface area (Å²) in [7, 11) is 3.53. The Morgan fingerprint density at radius 3 is 2.94 bits per heavy atom. The van der Waals surface area contributed by atoms with Gasteiger partial charge < -0.3 is 10.2 Å². The van der Waals surface area contributed by atoms with Gasteiger partial charge in [0.2, 0.25) is 11.8 Å². The summed E-state index contributed by atoms with van der Waals surface area (Å²) in [6.07, 6.45) is 2.45. The molecule has 2 rings (SSSR count). The molecule has 0 radical (unpaired) electrons. The molecule has 7 nitrogen and oxygen atoms in total. The predicted octanol–water partition coefficient (Wildman–Crippen LogP) is -0.700. The van der Waals surface area contributed by atoms with Gasteiger partial charge in [0.25, 0.3) is 0 Å². The molecular formula is C11H17N5O2. The van der Waals surface area contributed by atoms with Crippen LogP contribution in [-0.2, 0) is 23.2 Å². The van der Waals surface area contributed by atoms with Gasteiger partial charge in [-0.05, 0) is 6.42 Å². The predicted molar refractivity (Wildman–Crippen MR) is 63.2 cm³/mol. The Balaban J connectivity index is 1.85. The van der Waals surface area contributed by atoms with Gasteiger partial charge in [0.05, 0.1) is 6.54 Å². The molecule has 98 valence electrons. The molecule has 1 atom stereocenters. The molecule has 2 amide bonds. The summed E-state index contributed by atoms with van der Waals surface area (Å²) in [4.78, 5) is 29.1. The zero-order chi connectivity index (χ0) is 13.1. The fraction of sp³-hybridized carbons (Fsp3) is 0.636. The summed E-state index contributed by atoms with van der Waals surface area (Å²) in [6, 6.07) is 0. The molecule has 1 aromatic rings. The van der Waals surface area contributed by atoms with Crippen LogP contribution in [0.4, 0.5) is 0 Å². The van der Waals surface area contributed by atoms with Gasteiger partial charge in [0.15, 0.2) is 0 Å². The Bertz CT molecular complexity index is 456. The van der Waals surface area contributed by atoms with Gasteiger partial charge in [-0.25, -0.2) is 4.98 Å². The number of nitrogens with zero attached hydrogens (tertiary/aromatic N) is 4.